The molecule has 1 saturated carbocycles. The van der Waals surface area contributed by atoms with Crippen LogP contribution >= 0.6 is 0 Å². The standard InChI is InChI=1S/C13H20N4O3/c1-9-4-2-3-5-11(9)16-13(20)15-10-6-14-17(7-10)8-12(18)19/h6-7,9,11H,2-5,8H2,1H3,(H,18,19)(H2,15,16,20). The number of carbonyl (C=O) groups excluding carboxylic acids is 1. The number of hydrogen-bond acceptors (Lipinski definition) is 3. The number of amides is 2. The molecule has 2 rings (SSSR count). The van der Waals surface area contributed by atoms with Crippen LogP contribution in [0.4, 0.5) is 10.5 Å². The smallest absolute Gasteiger partial charge is 0.325 e. The molecule has 2 amide bonds. The third kappa shape index (κ3) is 3.97. The highest BCUT2D eigenvalue weighted by atomic mass is 16.4. The number of carbonyl (C=O) groups is 2. The minimum Gasteiger partial charge on any atom is -0.480 e. The SMILES string of the molecule is CC1CCCCC1NC(=O)Nc1cnn(CC(=O)O)c1. The van der Waals surface area contributed by atoms with E-state index in [4.69, 9.17) is 5.11 Å². The summed E-state index contributed by atoms with van der Waals surface area (Å²) < 4.78 is 1.27. The van der Waals surface area contributed by atoms with Gasteiger partial charge in [-0.1, -0.05) is 19.8 Å². The van der Waals surface area contributed by atoms with Gasteiger partial charge in [-0.05, 0) is 18.8 Å². The van der Waals surface area contributed by atoms with Crippen LogP contribution in [0.3, 0.4) is 0 Å². The Labute approximate surface area is 117 Å². The number of nitrogens with zero attached hydrogens (tertiary/aromatic N) is 2. The van der Waals surface area contributed by atoms with E-state index in [0.29, 0.717) is 11.6 Å². The second kappa shape index (κ2) is 6.40. The number of rotatable bonds is 4. The highest BCUT2D eigenvalue weighted by Gasteiger charge is 2.22. The summed E-state index contributed by atoms with van der Waals surface area (Å²) in [6.07, 6.45) is 7.45. The largest absolute Gasteiger partial charge is 0.480 e. The number of aliphatic carboxylic acids is 1. The van der Waals surface area contributed by atoms with Gasteiger partial charge in [-0.3, -0.25) is 9.48 Å². The maximum Gasteiger partial charge on any atom is 0.325 e. The Morgan fingerprint density at radius 2 is 2.20 bits per heavy atom. The molecule has 0 aromatic carbocycles. The zero-order valence-corrected chi connectivity index (χ0v) is 11.5. The summed E-state index contributed by atoms with van der Waals surface area (Å²) in [6.45, 7) is 1.93. The molecule has 1 aliphatic rings. The fourth-order valence-corrected chi connectivity index (χ4v) is 2.52. The topological polar surface area (TPSA) is 96.3 Å². The summed E-state index contributed by atoms with van der Waals surface area (Å²) >= 11 is 0. The van der Waals surface area contributed by atoms with Gasteiger partial charge in [-0.25, -0.2) is 4.79 Å². The van der Waals surface area contributed by atoms with Crippen molar-refractivity contribution in [2.75, 3.05) is 5.32 Å². The fourth-order valence-electron chi connectivity index (χ4n) is 2.52. The van der Waals surface area contributed by atoms with Crippen LogP contribution in [0.1, 0.15) is 32.6 Å². The molecule has 1 aromatic rings. The van der Waals surface area contributed by atoms with E-state index < -0.39 is 5.97 Å². The Morgan fingerprint density at radius 1 is 1.45 bits per heavy atom. The molecule has 0 radical (unpaired) electrons. The number of carboxylic acid groups (broad SMARTS) is 1. The fraction of sp³-hybridized carbons (Fsp3) is 0.615. The average molecular weight is 280 g/mol. The van der Waals surface area contributed by atoms with Gasteiger partial charge in [-0.2, -0.15) is 5.10 Å². The lowest BCUT2D eigenvalue weighted by Crippen LogP contribution is -2.43. The molecular weight excluding hydrogens is 260 g/mol. The van der Waals surface area contributed by atoms with E-state index in [2.05, 4.69) is 22.7 Å². The molecular formula is C13H20N4O3. The zero-order chi connectivity index (χ0) is 14.5. The quantitative estimate of drug-likeness (QED) is 0.781. The average Bonchev–Trinajstić information content (AvgIpc) is 2.78. The summed E-state index contributed by atoms with van der Waals surface area (Å²) in [5.74, 6) is -0.482. The van der Waals surface area contributed by atoms with Gasteiger partial charge >= 0.3 is 12.0 Å². The van der Waals surface area contributed by atoms with Crippen LogP contribution in [0.5, 0.6) is 0 Å². The maximum absolute atomic E-state index is 11.9. The molecule has 1 heterocycles. The van der Waals surface area contributed by atoms with Crippen LogP contribution in [-0.2, 0) is 11.3 Å². The Balaban J connectivity index is 1.84. The molecule has 0 bridgehead atoms. The predicted octanol–water partition coefficient (Wildman–Crippen LogP) is 1.67. The molecule has 1 aliphatic carbocycles. The number of carboxylic acids is 1. The summed E-state index contributed by atoms with van der Waals surface area (Å²) in [7, 11) is 0. The van der Waals surface area contributed by atoms with E-state index in [9.17, 15) is 9.59 Å². The van der Waals surface area contributed by atoms with Crippen molar-refractivity contribution in [3.05, 3.63) is 12.4 Å². The Morgan fingerprint density at radius 3 is 2.90 bits per heavy atom. The first-order valence-electron chi connectivity index (χ1n) is 6.86. The lowest BCUT2D eigenvalue weighted by molar-refractivity contribution is -0.137. The van der Waals surface area contributed by atoms with Crippen molar-refractivity contribution in [3.63, 3.8) is 0 Å². The Kier molecular flexibility index (Phi) is 4.60. The molecule has 0 saturated heterocycles. The third-order valence-corrected chi connectivity index (χ3v) is 3.62. The zero-order valence-electron chi connectivity index (χ0n) is 11.5. The number of aromatic nitrogens is 2. The molecule has 0 aliphatic heterocycles. The van der Waals surface area contributed by atoms with Crippen molar-refractivity contribution in [1.82, 2.24) is 15.1 Å². The highest BCUT2D eigenvalue weighted by molar-refractivity contribution is 5.89. The number of anilines is 1. The van der Waals surface area contributed by atoms with Gasteiger partial charge in [-0.15, -0.1) is 0 Å². The number of urea groups is 1. The first-order chi connectivity index (χ1) is 9.54. The normalized spacial score (nSPS) is 22.2. The molecule has 7 heteroatoms. The molecule has 3 N–H and O–H groups in total. The summed E-state index contributed by atoms with van der Waals surface area (Å²) in [4.78, 5) is 22.4. The molecule has 20 heavy (non-hydrogen) atoms. The summed E-state index contributed by atoms with van der Waals surface area (Å²) in [5.41, 5.74) is 0.493. The minimum atomic E-state index is -0.972. The Bertz CT molecular complexity index is 486. The van der Waals surface area contributed by atoms with Crippen LogP contribution < -0.4 is 10.6 Å². The van der Waals surface area contributed by atoms with Crippen LogP contribution in [0.25, 0.3) is 0 Å². The highest BCUT2D eigenvalue weighted by Crippen LogP contribution is 2.23. The van der Waals surface area contributed by atoms with E-state index in [0.717, 1.165) is 19.3 Å². The predicted molar refractivity (Wildman–Crippen MR) is 73.4 cm³/mol. The molecule has 110 valence electrons. The van der Waals surface area contributed by atoms with Crippen molar-refractivity contribution in [2.45, 2.75) is 45.2 Å². The van der Waals surface area contributed by atoms with Crippen LogP contribution in [-0.4, -0.2) is 32.9 Å². The molecule has 1 aromatic heterocycles. The molecule has 2 unspecified atom stereocenters. The molecule has 7 nitrogen and oxygen atoms in total. The van der Waals surface area contributed by atoms with E-state index in [1.807, 2.05) is 0 Å². The van der Waals surface area contributed by atoms with Crippen molar-refractivity contribution in [2.24, 2.45) is 5.92 Å². The lowest BCUT2D eigenvalue weighted by Gasteiger charge is -2.29. The van der Waals surface area contributed by atoms with Crippen LogP contribution in [0, 0.1) is 5.92 Å². The summed E-state index contributed by atoms with van der Waals surface area (Å²) in [5, 5.41) is 18.1. The molecule has 1 fully saturated rings. The Hall–Kier alpha value is -2.05. The maximum atomic E-state index is 11.9. The van der Waals surface area contributed by atoms with Gasteiger partial charge < -0.3 is 15.7 Å². The van der Waals surface area contributed by atoms with Crippen molar-refractivity contribution in [3.8, 4) is 0 Å². The van der Waals surface area contributed by atoms with Crippen molar-refractivity contribution < 1.29 is 14.7 Å². The first kappa shape index (κ1) is 14.4. The first-order valence-corrected chi connectivity index (χ1v) is 6.86. The monoisotopic (exact) mass is 280 g/mol. The second-order valence-electron chi connectivity index (χ2n) is 5.29. The third-order valence-electron chi connectivity index (χ3n) is 3.62. The van der Waals surface area contributed by atoms with E-state index in [1.54, 1.807) is 0 Å². The molecule has 0 spiro atoms. The van der Waals surface area contributed by atoms with Gasteiger partial charge in [0.1, 0.15) is 6.54 Å². The van der Waals surface area contributed by atoms with Crippen molar-refractivity contribution >= 4 is 17.7 Å². The van der Waals surface area contributed by atoms with Gasteiger partial charge in [0, 0.05) is 12.2 Å². The van der Waals surface area contributed by atoms with Crippen LogP contribution in [0.2, 0.25) is 0 Å². The van der Waals surface area contributed by atoms with E-state index in [1.165, 1.54) is 23.5 Å². The number of nitrogens with one attached hydrogen (secondary N) is 2. The number of hydrogen-bond donors (Lipinski definition) is 3. The van der Waals surface area contributed by atoms with Gasteiger partial charge in [0.2, 0.25) is 0 Å². The lowest BCUT2D eigenvalue weighted by atomic mass is 9.86. The second-order valence-corrected chi connectivity index (χ2v) is 5.29. The van der Waals surface area contributed by atoms with Gasteiger partial charge in [0.15, 0.2) is 0 Å². The van der Waals surface area contributed by atoms with Crippen LogP contribution in [0.15, 0.2) is 12.4 Å². The summed E-state index contributed by atoms with van der Waals surface area (Å²) in [6, 6.07) is -0.0589. The van der Waals surface area contributed by atoms with E-state index in [-0.39, 0.29) is 18.6 Å². The van der Waals surface area contributed by atoms with Crippen molar-refractivity contribution in [1.29, 1.82) is 0 Å². The van der Waals surface area contributed by atoms with Gasteiger partial charge in [0.05, 0.1) is 11.9 Å². The van der Waals surface area contributed by atoms with Gasteiger partial charge in [0.25, 0.3) is 0 Å². The minimum absolute atomic E-state index is 0.206. The molecule has 2 atom stereocenters. The van der Waals surface area contributed by atoms with E-state index >= 15 is 0 Å².